The lowest BCUT2D eigenvalue weighted by Gasteiger charge is -2.56. The molecule has 1 spiro atoms. The van der Waals surface area contributed by atoms with E-state index >= 15 is 0 Å². The number of hydrogen-bond donors (Lipinski definition) is 1. The molecule has 1 aromatic carbocycles. The highest BCUT2D eigenvalue weighted by Gasteiger charge is 2.63. The lowest BCUT2D eigenvalue weighted by molar-refractivity contribution is -0.0450. The van der Waals surface area contributed by atoms with Crippen LogP contribution in [0.1, 0.15) is 17.5 Å². The zero-order valence-corrected chi connectivity index (χ0v) is 11.6. The predicted molar refractivity (Wildman–Crippen MR) is 75.9 cm³/mol. The van der Waals surface area contributed by atoms with Gasteiger partial charge in [0.15, 0.2) is 0 Å². The van der Waals surface area contributed by atoms with Crippen LogP contribution < -0.4 is 4.74 Å². The Balaban J connectivity index is 1.83. The van der Waals surface area contributed by atoms with E-state index in [4.69, 9.17) is 4.74 Å². The van der Waals surface area contributed by atoms with E-state index in [2.05, 4.69) is 36.2 Å². The molecule has 5 rings (SSSR count). The summed E-state index contributed by atoms with van der Waals surface area (Å²) in [6, 6.07) is 6.96. The first-order chi connectivity index (χ1) is 9.72. The maximum absolute atomic E-state index is 10.4. The van der Waals surface area contributed by atoms with Gasteiger partial charge in [-0.05, 0) is 38.1 Å². The number of likely N-dealkylation sites (N-methyl/N-ethyl adjacent to an activating group) is 1. The first-order valence-electron chi connectivity index (χ1n) is 7.57. The van der Waals surface area contributed by atoms with Gasteiger partial charge in [0.25, 0.3) is 0 Å². The lowest BCUT2D eigenvalue weighted by Crippen LogP contribution is -2.64. The summed E-state index contributed by atoms with van der Waals surface area (Å²) in [7, 11) is 2.23. The minimum atomic E-state index is -0.478. The number of aliphatic hydroxyl groups excluding tert-OH is 1. The van der Waals surface area contributed by atoms with Gasteiger partial charge < -0.3 is 14.7 Å². The van der Waals surface area contributed by atoms with Crippen LogP contribution in [0.25, 0.3) is 0 Å². The quantitative estimate of drug-likeness (QED) is 0.724. The number of likely N-dealkylation sites (tertiary alicyclic amines) is 1. The number of rotatable bonds is 0. The molecule has 3 heteroatoms. The molecule has 0 amide bonds. The van der Waals surface area contributed by atoms with E-state index in [1.165, 1.54) is 11.1 Å². The summed E-state index contributed by atoms with van der Waals surface area (Å²) in [5.74, 6) is 1.49. The molecule has 1 aromatic rings. The molecule has 5 atom stereocenters. The predicted octanol–water partition coefficient (Wildman–Crippen LogP) is 1.49. The van der Waals surface area contributed by atoms with Gasteiger partial charge in [0.05, 0.1) is 0 Å². The summed E-state index contributed by atoms with van der Waals surface area (Å²) >= 11 is 0. The molecule has 1 fully saturated rings. The van der Waals surface area contributed by atoms with E-state index < -0.39 is 6.10 Å². The van der Waals surface area contributed by atoms with E-state index in [1.54, 1.807) is 0 Å². The second-order valence-corrected chi connectivity index (χ2v) is 6.77. The van der Waals surface area contributed by atoms with Crippen molar-refractivity contribution in [2.75, 3.05) is 13.6 Å². The van der Waals surface area contributed by atoms with Crippen molar-refractivity contribution in [2.24, 2.45) is 5.92 Å². The highest BCUT2D eigenvalue weighted by atomic mass is 16.5. The molecule has 2 bridgehead atoms. The van der Waals surface area contributed by atoms with Crippen LogP contribution in [0, 0.1) is 5.92 Å². The van der Waals surface area contributed by atoms with Crippen LogP contribution in [0.15, 0.2) is 30.4 Å². The zero-order valence-electron chi connectivity index (χ0n) is 11.6. The fraction of sp³-hybridized carbons (Fsp3) is 0.529. The zero-order chi connectivity index (χ0) is 13.5. The van der Waals surface area contributed by atoms with Crippen molar-refractivity contribution in [2.45, 2.75) is 36.5 Å². The smallest absolute Gasteiger partial charge is 0.138 e. The van der Waals surface area contributed by atoms with Gasteiger partial charge in [-0.3, -0.25) is 0 Å². The largest absolute Gasteiger partial charge is 0.486 e. The Hall–Kier alpha value is -1.32. The molecule has 0 aromatic heterocycles. The van der Waals surface area contributed by atoms with Gasteiger partial charge in [-0.1, -0.05) is 24.3 Å². The highest BCUT2D eigenvalue weighted by Crippen LogP contribution is 2.60. The molecule has 20 heavy (non-hydrogen) atoms. The van der Waals surface area contributed by atoms with Gasteiger partial charge in [-0.15, -0.1) is 0 Å². The van der Waals surface area contributed by atoms with E-state index in [-0.39, 0.29) is 11.5 Å². The number of benzene rings is 1. The lowest BCUT2D eigenvalue weighted by atomic mass is 9.53. The Kier molecular flexibility index (Phi) is 1.97. The first-order valence-corrected chi connectivity index (χ1v) is 7.57. The topological polar surface area (TPSA) is 32.7 Å². The summed E-state index contributed by atoms with van der Waals surface area (Å²) in [6.07, 6.45) is 5.83. The van der Waals surface area contributed by atoms with E-state index in [9.17, 15) is 5.11 Å². The van der Waals surface area contributed by atoms with E-state index in [0.717, 1.165) is 25.1 Å². The van der Waals surface area contributed by atoms with Crippen LogP contribution in [0.5, 0.6) is 5.75 Å². The Morgan fingerprint density at radius 1 is 1.35 bits per heavy atom. The van der Waals surface area contributed by atoms with Crippen molar-refractivity contribution in [3.63, 3.8) is 0 Å². The van der Waals surface area contributed by atoms with Crippen LogP contribution in [0.2, 0.25) is 0 Å². The standard InChI is InChI=1S/C17H19NO2/c1-18-8-7-17-11-5-6-13(19)16(17)20-14-4-2-3-10(15(14)17)9-12(11)18/h2-6,11-13,16,19H,7-9H2,1H3/t11-,12+,13-,16-,17-/m1/s1. The summed E-state index contributed by atoms with van der Waals surface area (Å²) in [5, 5.41) is 10.4. The van der Waals surface area contributed by atoms with Gasteiger partial charge in [-0.25, -0.2) is 0 Å². The molecule has 2 heterocycles. The summed E-state index contributed by atoms with van der Waals surface area (Å²) < 4.78 is 6.21. The number of hydrogen-bond acceptors (Lipinski definition) is 3. The third kappa shape index (κ3) is 1.08. The SMILES string of the molecule is CN1CC[C@@]23c4c5cccc4O[C@@H]2[C@H](O)C=C[C@@H]3[C@@H]1C5. The highest BCUT2D eigenvalue weighted by molar-refractivity contribution is 5.56. The number of nitrogens with zero attached hydrogens (tertiary/aromatic N) is 1. The van der Waals surface area contributed by atoms with Crippen LogP contribution in [-0.4, -0.2) is 41.8 Å². The number of ether oxygens (including phenoxy) is 1. The van der Waals surface area contributed by atoms with Gasteiger partial charge in [0.2, 0.25) is 0 Å². The maximum atomic E-state index is 10.4. The van der Waals surface area contributed by atoms with Gasteiger partial charge in [0.1, 0.15) is 18.0 Å². The molecule has 1 N–H and O–H groups in total. The van der Waals surface area contributed by atoms with Crippen LogP contribution in [0.3, 0.4) is 0 Å². The number of piperidine rings is 1. The summed E-state index contributed by atoms with van der Waals surface area (Å²) in [6.45, 7) is 1.09. The maximum Gasteiger partial charge on any atom is 0.138 e. The van der Waals surface area contributed by atoms with Crippen molar-refractivity contribution < 1.29 is 9.84 Å². The van der Waals surface area contributed by atoms with Crippen molar-refractivity contribution >= 4 is 0 Å². The van der Waals surface area contributed by atoms with Gasteiger partial charge in [-0.2, -0.15) is 0 Å². The Morgan fingerprint density at radius 3 is 3.15 bits per heavy atom. The second kappa shape index (κ2) is 3.46. The summed E-state index contributed by atoms with van der Waals surface area (Å²) in [4.78, 5) is 2.49. The number of aliphatic hydroxyl groups is 1. The van der Waals surface area contributed by atoms with Crippen LogP contribution >= 0.6 is 0 Å². The van der Waals surface area contributed by atoms with Crippen LogP contribution in [0.4, 0.5) is 0 Å². The fourth-order valence-electron chi connectivity index (χ4n) is 5.21. The Morgan fingerprint density at radius 2 is 2.25 bits per heavy atom. The molecule has 2 aliphatic heterocycles. The molecular formula is C17H19NO2. The average Bonchev–Trinajstić information content (AvgIpc) is 2.79. The Bertz CT molecular complexity index is 625. The molecule has 0 unspecified atom stereocenters. The van der Waals surface area contributed by atoms with Gasteiger partial charge in [0, 0.05) is 22.9 Å². The molecule has 3 nitrogen and oxygen atoms in total. The molecule has 1 saturated heterocycles. The van der Waals surface area contributed by atoms with Crippen molar-refractivity contribution in [1.82, 2.24) is 4.90 Å². The minimum Gasteiger partial charge on any atom is -0.486 e. The minimum absolute atomic E-state index is 0.00944. The summed E-state index contributed by atoms with van der Waals surface area (Å²) in [5.41, 5.74) is 2.85. The third-order valence-electron chi connectivity index (χ3n) is 6.05. The molecule has 2 aliphatic carbocycles. The van der Waals surface area contributed by atoms with Crippen LogP contribution in [-0.2, 0) is 11.8 Å². The second-order valence-electron chi connectivity index (χ2n) is 6.77. The van der Waals surface area contributed by atoms with E-state index in [0.29, 0.717) is 12.0 Å². The third-order valence-corrected chi connectivity index (χ3v) is 6.05. The molecule has 0 saturated carbocycles. The molecule has 4 aliphatic rings. The van der Waals surface area contributed by atoms with E-state index in [1.807, 2.05) is 6.08 Å². The van der Waals surface area contributed by atoms with Crippen molar-refractivity contribution in [1.29, 1.82) is 0 Å². The van der Waals surface area contributed by atoms with Crippen molar-refractivity contribution in [3.05, 3.63) is 41.5 Å². The first kappa shape index (κ1) is 11.4. The normalized spacial score (nSPS) is 44.1. The van der Waals surface area contributed by atoms with Crippen molar-refractivity contribution in [3.8, 4) is 5.75 Å². The molecule has 104 valence electrons. The molecular weight excluding hydrogens is 250 g/mol. The molecule has 0 radical (unpaired) electrons. The fourth-order valence-corrected chi connectivity index (χ4v) is 5.21. The Labute approximate surface area is 118 Å². The van der Waals surface area contributed by atoms with Gasteiger partial charge >= 0.3 is 0 Å². The average molecular weight is 269 g/mol. The monoisotopic (exact) mass is 269 g/mol.